The Morgan fingerprint density at radius 1 is 1.48 bits per heavy atom. The molecule has 1 heterocycles. The molecule has 1 unspecified atom stereocenters. The largest absolute Gasteiger partial charge is 0.462 e. The van der Waals surface area contributed by atoms with E-state index in [0.29, 0.717) is 30.3 Å². The summed E-state index contributed by atoms with van der Waals surface area (Å²) in [6, 6.07) is 0. The normalized spacial score (nSPS) is 12.2. The number of thiophene rings is 1. The van der Waals surface area contributed by atoms with Crippen molar-refractivity contribution in [2.45, 2.75) is 17.9 Å². The van der Waals surface area contributed by atoms with E-state index in [1.807, 2.05) is 6.26 Å². The van der Waals surface area contributed by atoms with Crippen LogP contribution in [-0.2, 0) is 14.2 Å². The van der Waals surface area contributed by atoms with Crippen molar-refractivity contribution in [3.05, 3.63) is 4.88 Å². The summed E-state index contributed by atoms with van der Waals surface area (Å²) in [5.74, 6) is -0.386. The number of ether oxygens (including phenoxy) is 3. The van der Waals surface area contributed by atoms with E-state index in [-0.39, 0.29) is 12.1 Å². The SMILES string of the molecule is CCOC(=O)c1sc(NCC(COC)OC)c(SC)c1N. The van der Waals surface area contributed by atoms with Gasteiger partial charge in [-0.2, -0.15) is 0 Å². The number of methoxy groups -OCH3 is 2. The summed E-state index contributed by atoms with van der Waals surface area (Å²) in [4.78, 5) is 13.2. The molecule has 0 aliphatic heterocycles. The maximum absolute atomic E-state index is 11.9. The van der Waals surface area contributed by atoms with Gasteiger partial charge >= 0.3 is 5.97 Å². The molecule has 1 aromatic rings. The number of nitrogens with one attached hydrogen (secondary N) is 1. The van der Waals surface area contributed by atoms with E-state index in [9.17, 15) is 4.79 Å². The minimum Gasteiger partial charge on any atom is -0.462 e. The summed E-state index contributed by atoms with van der Waals surface area (Å²) in [5, 5.41) is 4.11. The molecule has 0 aliphatic carbocycles. The lowest BCUT2D eigenvalue weighted by atomic mass is 10.3. The topological polar surface area (TPSA) is 82.8 Å². The molecule has 0 bridgehead atoms. The number of nitrogen functional groups attached to an aromatic ring is 1. The first-order chi connectivity index (χ1) is 10.1. The second-order valence-corrected chi connectivity index (χ2v) is 5.96. The second kappa shape index (κ2) is 9.14. The minimum absolute atomic E-state index is 0.0703. The lowest BCUT2D eigenvalue weighted by Gasteiger charge is -2.15. The van der Waals surface area contributed by atoms with E-state index in [1.165, 1.54) is 23.1 Å². The number of esters is 1. The zero-order valence-electron chi connectivity index (χ0n) is 12.7. The number of nitrogens with two attached hydrogens (primary N) is 1. The summed E-state index contributed by atoms with van der Waals surface area (Å²) in [7, 11) is 3.26. The average molecular weight is 334 g/mol. The van der Waals surface area contributed by atoms with Gasteiger partial charge in [-0.3, -0.25) is 0 Å². The van der Waals surface area contributed by atoms with Crippen molar-refractivity contribution in [2.75, 3.05) is 51.3 Å². The number of rotatable bonds is 9. The molecule has 21 heavy (non-hydrogen) atoms. The van der Waals surface area contributed by atoms with Crippen LogP contribution in [0, 0.1) is 0 Å². The van der Waals surface area contributed by atoms with Crippen LogP contribution in [0.1, 0.15) is 16.6 Å². The Balaban J connectivity index is 2.86. The molecule has 0 aliphatic rings. The molecule has 3 N–H and O–H groups in total. The van der Waals surface area contributed by atoms with Gasteiger partial charge in [-0.15, -0.1) is 23.1 Å². The van der Waals surface area contributed by atoms with Gasteiger partial charge in [-0.05, 0) is 13.2 Å². The van der Waals surface area contributed by atoms with Gasteiger partial charge in [0.15, 0.2) is 0 Å². The van der Waals surface area contributed by atoms with Crippen LogP contribution in [0.4, 0.5) is 10.7 Å². The standard InChI is InChI=1S/C13H22N2O4S2/c1-5-19-13(16)11-9(14)10(20-4)12(21-11)15-6-8(18-3)7-17-2/h8,15H,5-7,14H2,1-4H3. The molecular weight excluding hydrogens is 312 g/mol. The number of carbonyl (C=O) groups is 1. The zero-order chi connectivity index (χ0) is 15.8. The quantitative estimate of drug-likeness (QED) is 0.529. The summed E-state index contributed by atoms with van der Waals surface area (Å²) in [6.45, 7) is 3.15. The number of carbonyl (C=O) groups excluding carboxylic acids is 1. The van der Waals surface area contributed by atoms with Crippen LogP contribution < -0.4 is 11.1 Å². The maximum atomic E-state index is 11.9. The number of anilines is 2. The van der Waals surface area contributed by atoms with Crippen LogP contribution in [0.3, 0.4) is 0 Å². The first-order valence-electron chi connectivity index (χ1n) is 6.47. The third-order valence-electron chi connectivity index (χ3n) is 2.74. The Morgan fingerprint density at radius 2 is 2.19 bits per heavy atom. The Kier molecular flexibility index (Phi) is 7.87. The van der Waals surface area contributed by atoms with Gasteiger partial charge in [0.1, 0.15) is 9.88 Å². The third kappa shape index (κ3) is 4.77. The van der Waals surface area contributed by atoms with Crippen LogP contribution in [0.2, 0.25) is 0 Å². The molecule has 120 valence electrons. The fourth-order valence-corrected chi connectivity index (χ4v) is 3.63. The molecule has 1 atom stereocenters. The molecule has 1 rings (SSSR count). The van der Waals surface area contributed by atoms with Crippen molar-refractivity contribution in [1.29, 1.82) is 0 Å². The van der Waals surface area contributed by atoms with Gasteiger partial charge in [-0.1, -0.05) is 0 Å². The molecule has 0 spiro atoms. The molecule has 0 radical (unpaired) electrons. The summed E-state index contributed by atoms with van der Waals surface area (Å²) in [6.07, 6.45) is 1.85. The molecule has 1 aromatic heterocycles. The Labute approximate surface area is 133 Å². The van der Waals surface area contributed by atoms with E-state index < -0.39 is 0 Å². The van der Waals surface area contributed by atoms with Crippen molar-refractivity contribution in [1.82, 2.24) is 0 Å². The van der Waals surface area contributed by atoms with E-state index in [0.717, 1.165) is 9.90 Å². The van der Waals surface area contributed by atoms with Gasteiger partial charge in [0.2, 0.25) is 0 Å². The molecule has 0 saturated heterocycles. The van der Waals surface area contributed by atoms with E-state index in [4.69, 9.17) is 19.9 Å². The first kappa shape index (κ1) is 18.1. The monoisotopic (exact) mass is 334 g/mol. The molecule has 6 nitrogen and oxygen atoms in total. The van der Waals surface area contributed by atoms with E-state index >= 15 is 0 Å². The minimum atomic E-state index is -0.386. The highest BCUT2D eigenvalue weighted by molar-refractivity contribution is 7.99. The zero-order valence-corrected chi connectivity index (χ0v) is 14.4. The highest BCUT2D eigenvalue weighted by atomic mass is 32.2. The van der Waals surface area contributed by atoms with Gasteiger partial charge in [0, 0.05) is 20.8 Å². The third-order valence-corrected chi connectivity index (χ3v) is 4.85. The summed E-state index contributed by atoms with van der Waals surface area (Å²) in [5.41, 5.74) is 6.50. The molecule has 0 amide bonds. The molecule has 0 saturated carbocycles. The Bertz CT molecular complexity index is 465. The van der Waals surface area contributed by atoms with E-state index in [2.05, 4.69) is 5.32 Å². The Morgan fingerprint density at radius 3 is 2.71 bits per heavy atom. The number of hydrogen-bond donors (Lipinski definition) is 2. The summed E-state index contributed by atoms with van der Waals surface area (Å²) < 4.78 is 15.4. The molecule has 8 heteroatoms. The smallest absolute Gasteiger partial charge is 0.350 e. The first-order valence-corrected chi connectivity index (χ1v) is 8.52. The van der Waals surface area contributed by atoms with Crippen molar-refractivity contribution in [2.24, 2.45) is 0 Å². The van der Waals surface area contributed by atoms with Crippen LogP contribution in [0.5, 0.6) is 0 Å². The Hall–Kier alpha value is -0.960. The highest BCUT2D eigenvalue weighted by Gasteiger charge is 2.22. The predicted molar refractivity (Wildman–Crippen MR) is 87.6 cm³/mol. The summed E-state index contributed by atoms with van der Waals surface area (Å²) >= 11 is 2.80. The van der Waals surface area contributed by atoms with Gasteiger partial charge in [0.25, 0.3) is 0 Å². The second-order valence-electron chi connectivity index (χ2n) is 4.12. The van der Waals surface area contributed by atoms with E-state index in [1.54, 1.807) is 21.1 Å². The lowest BCUT2D eigenvalue weighted by Crippen LogP contribution is -2.26. The van der Waals surface area contributed by atoms with Gasteiger partial charge in [-0.25, -0.2) is 4.79 Å². The van der Waals surface area contributed by atoms with Crippen LogP contribution in [0.15, 0.2) is 4.90 Å². The highest BCUT2D eigenvalue weighted by Crippen LogP contribution is 2.41. The van der Waals surface area contributed by atoms with Crippen LogP contribution in [-0.4, -0.2) is 52.3 Å². The molecule has 0 aromatic carbocycles. The number of hydrogen-bond acceptors (Lipinski definition) is 8. The van der Waals surface area contributed by atoms with Crippen molar-refractivity contribution >= 4 is 39.8 Å². The lowest BCUT2D eigenvalue weighted by molar-refractivity contribution is 0.0366. The van der Waals surface area contributed by atoms with Crippen LogP contribution >= 0.6 is 23.1 Å². The predicted octanol–water partition coefficient (Wildman–Crippen LogP) is 2.30. The number of thioether (sulfide) groups is 1. The van der Waals surface area contributed by atoms with Crippen molar-refractivity contribution in [3.63, 3.8) is 0 Å². The fraction of sp³-hybridized carbons (Fsp3) is 0.615. The van der Waals surface area contributed by atoms with Gasteiger partial charge in [0.05, 0.1) is 29.9 Å². The maximum Gasteiger partial charge on any atom is 0.350 e. The molecule has 0 fully saturated rings. The van der Waals surface area contributed by atoms with Gasteiger partial charge < -0.3 is 25.3 Å². The van der Waals surface area contributed by atoms with Crippen LogP contribution in [0.25, 0.3) is 0 Å². The average Bonchev–Trinajstić information content (AvgIpc) is 2.79. The van der Waals surface area contributed by atoms with Crippen molar-refractivity contribution < 1.29 is 19.0 Å². The molecular formula is C13H22N2O4S2. The van der Waals surface area contributed by atoms with Crippen molar-refractivity contribution in [3.8, 4) is 0 Å². The fourth-order valence-electron chi connectivity index (χ4n) is 1.70.